The highest BCUT2D eigenvalue weighted by Crippen LogP contribution is 2.34. The van der Waals surface area contributed by atoms with Crippen molar-refractivity contribution < 1.29 is 9.50 Å². The Morgan fingerprint density at radius 2 is 1.88 bits per heavy atom. The number of hydrogen-bond donors (Lipinski definition) is 1. The lowest BCUT2D eigenvalue weighted by Crippen LogP contribution is -2.00. The average Bonchev–Trinajstić information content (AvgIpc) is 2.67. The fourth-order valence-corrected chi connectivity index (χ4v) is 3.37. The minimum Gasteiger partial charge on any atom is -0.384 e. The van der Waals surface area contributed by atoms with Crippen LogP contribution in [0.2, 0.25) is 0 Å². The van der Waals surface area contributed by atoms with Crippen molar-refractivity contribution in [3.8, 4) is 0 Å². The SMILES string of the molecule is OC(c1cscc1Br)c1cc(F)ccc1Br. The van der Waals surface area contributed by atoms with E-state index in [0.717, 1.165) is 10.0 Å². The van der Waals surface area contributed by atoms with Gasteiger partial charge >= 0.3 is 0 Å². The highest BCUT2D eigenvalue weighted by molar-refractivity contribution is 9.10. The van der Waals surface area contributed by atoms with Crippen molar-refractivity contribution >= 4 is 43.2 Å². The van der Waals surface area contributed by atoms with Crippen molar-refractivity contribution in [1.82, 2.24) is 0 Å². The van der Waals surface area contributed by atoms with E-state index >= 15 is 0 Å². The summed E-state index contributed by atoms with van der Waals surface area (Å²) in [5.74, 6) is -0.358. The molecule has 0 aliphatic carbocycles. The van der Waals surface area contributed by atoms with Crippen molar-refractivity contribution in [2.24, 2.45) is 0 Å². The van der Waals surface area contributed by atoms with Gasteiger partial charge in [-0.2, -0.15) is 11.3 Å². The highest BCUT2D eigenvalue weighted by Gasteiger charge is 2.17. The second-order valence-corrected chi connectivity index (χ2v) is 5.70. The molecule has 5 heteroatoms. The predicted molar refractivity (Wildman–Crippen MR) is 70.2 cm³/mol. The van der Waals surface area contributed by atoms with Crippen LogP contribution in [0.5, 0.6) is 0 Å². The average molecular weight is 366 g/mol. The molecule has 0 aliphatic heterocycles. The fourth-order valence-electron chi connectivity index (χ4n) is 1.38. The van der Waals surface area contributed by atoms with E-state index in [2.05, 4.69) is 31.9 Å². The first-order chi connectivity index (χ1) is 7.59. The van der Waals surface area contributed by atoms with Crippen LogP contribution in [0.4, 0.5) is 4.39 Å². The molecule has 0 amide bonds. The third-order valence-electron chi connectivity index (χ3n) is 2.19. The molecule has 0 radical (unpaired) electrons. The lowest BCUT2D eigenvalue weighted by atomic mass is 10.0. The van der Waals surface area contributed by atoms with E-state index in [1.165, 1.54) is 23.5 Å². The van der Waals surface area contributed by atoms with Gasteiger partial charge in [0.15, 0.2) is 0 Å². The van der Waals surface area contributed by atoms with Crippen molar-refractivity contribution in [3.63, 3.8) is 0 Å². The summed E-state index contributed by atoms with van der Waals surface area (Å²) in [6, 6.07) is 4.27. The first-order valence-corrected chi connectivity index (χ1v) is 6.97. The van der Waals surface area contributed by atoms with Crippen LogP contribution in [-0.2, 0) is 0 Å². The monoisotopic (exact) mass is 364 g/mol. The van der Waals surface area contributed by atoms with Crippen LogP contribution in [0, 0.1) is 5.82 Å². The number of benzene rings is 1. The molecule has 1 atom stereocenters. The molecule has 2 rings (SSSR count). The number of hydrogen-bond acceptors (Lipinski definition) is 2. The third-order valence-corrected chi connectivity index (χ3v) is 4.66. The summed E-state index contributed by atoms with van der Waals surface area (Å²) in [4.78, 5) is 0. The van der Waals surface area contributed by atoms with Gasteiger partial charge in [0.1, 0.15) is 11.9 Å². The summed E-state index contributed by atoms with van der Waals surface area (Å²) < 4.78 is 14.6. The summed E-state index contributed by atoms with van der Waals surface area (Å²) in [7, 11) is 0. The van der Waals surface area contributed by atoms with E-state index < -0.39 is 6.10 Å². The van der Waals surface area contributed by atoms with Crippen LogP contribution >= 0.6 is 43.2 Å². The Morgan fingerprint density at radius 1 is 1.12 bits per heavy atom. The number of rotatable bonds is 2. The predicted octanol–water partition coefficient (Wildman–Crippen LogP) is 4.49. The van der Waals surface area contributed by atoms with Crippen LogP contribution in [0.3, 0.4) is 0 Å². The van der Waals surface area contributed by atoms with Gasteiger partial charge < -0.3 is 5.11 Å². The van der Waals surface area contributed by atoms with Gasteiger partial charge in [-0.25, -0.2) is 4.39 Å². The maximum atomic E-state index is 13.1. The Morgan fingerprint density at radius 3 is 2.50 bits per heavy atom. The molecular weight excluding hydrogens is 359 g/mol. The van der Waals surface area contributed by atoms with E-state index in [1.54, 1.807) is 6.07 Å². The van der Waals surface area contributed by atoms with Crippen molar-refractivity contribution in [2.75, 3.05) is 0 Å². The zero-order valence-electron chi connectivity index (χ0n) is 7.95. The van der Waals surface area contributed by atoms with Crippen molar-refractivity contribution in [1.29, 1.82) is 0 Å². The Balaban J connectivity index is 2.45. The van der Waals surface area contributed by atoms with E-state index in [0.29, 0.717) is 10.0 Å². The standard InChI is InChI=1S/C11H7Br2FOS/c12-9-2-1-6(14)3-7(9)11(15)8-4-16-5-10(8)13/h1-5,11,15H. The van der Waals surface area contributed by atoms with Crippen LogP contribution in [0.15, 0.2) is 37.9 Å². The summed E-state index contributed by atoms with van der Waals surface area (Å²) in [6.07, 6.45) is -0.828. The quantitative estimate of drug-likeness (QED) is 0.831. The molecule has 0 fully saturated rings. The molecule has 1 nitrogen and oxygen atoms in total. The van der Waals surface area contributed by atoms with Gasteiger partial charge in [0.25, 0.3) is 0 Å². The van der Waals surface area contributed by atoms with E-state index in [-0.39, 0.29) is 5.82 Å². The van der Waals surface area contributed by atoms with Gasteiger partial charge in [0.2, 0.25) is 0 Å². The molecule has 84 valence electrons. The van der Waals surface area contributed by atoms with Crippen molar-refractivity contribution in [3.05, 3.63) is 54.8 Å². The first kappa shape index (κ1) is 12.2. The minimum atomic E-state index is -0.828. The number of aliphatic hydroxyl groups excluding tert-OH is 1. The normalized spacial score (nSPS) is 12.8. The van der Waals surface area contributed by atoms with Gasteiger partial charge in [-0.1, -0.05) is 15.9 Å². The van der Waals surface area contributed by atoms with Gasteiger partial charge in [-0.3, -0.25) is 0 Å². The van der Waals surface area contributed by atoms with Crippen LogP contribution in [0.25, 0.3) is 0 Å². The van der Waals surface area contributed by atoms with E-state index in [1.807, 2.05) is 10.8 Å². The van der Waals surface area contributed by atoms with Gasteiger partial charge in [-0.05, 0) is 39.5 Å². The molecule has 0 aliphatic rings. The molecule has 0 saturated carbocycles. The molecule has 16 heavy (non-hydrogen) atoms. The van der Waals surface area contributed by atoms with Crippen LogP contribution in [0.1, 0.15) is 17.2 Å². The summed E-state index contributed by atoms with van der Waals surface area (Å²) in [5.41, 5.74) is 1.27. The number of aliphatic hydroxyl groups is 1. The Labute approximate surface area is 113 Å². The summed E-state index contributed by atoms with van der Waals surface area (Å²) >= 11 is 8.13. The molecule has 0 bridgehead atoms. The van der Waals surface area contributed by atoms with Crippen LogP contribution in [-0.4, -0.2) is 5.11 Å². The van der Waals surface area contributed by atoms with Crippen LogP contribution < -0.4 is 0 Å². The van der Waals surface area contributed by atoms with E-state index in [4.69, 9.17) is 0 Å². The molecule has 1 aromatic carbocycles. The molecule has 0 spiro atoms. The second kappa shape index (κ2) is 4.96. The number of thiophene rings is 1. The third kappa shape index (κ3) is 2.37. The fraction of sp³-hybridized carbons (Fsp3) is 0.0909. The molecular formula is C11H7Br2FOS. The molecule has 0 saturated heterocycles. The minimum absolute atomic E-state index is 0.358. The second-order valence-electron chi connectivity index (χ2n) is 3.24. The van der Waals surface area contributed by atoms with Gasteiger partial charge in [0.05, 0.1) is 0 Å². The lowest BCUT2D eigenvalue weighted by molar-refractivity contribution is 0.219. The first-order valence-electron chi connectivity index (χ1n) is 4.44. The Hall–Kier alpha value is -0.230. The maximum absolute atomic E-state index is 13.1. The smallest absolute Gasteiger partial charge is 0.123 e. The maximum Gasteiger partial charge on any atom is 0.123 e. The molecule has 1 aromatic heterocycles. The molecule has 1 heterocycles. The Kier molecular flexibility index (Phi) is 3.79. The van der Waals surface area contributed by atoms with E-state index in [9.17, 15) is 9.50 Å². The molecule has 1 N–H and O–H groups in total. The zero-order valence-corrected chi connectivity index (χ0v) is 11.9. The lowest BCUT2D eigenvalue weighted by Gasteiger charge is -2.12. The zero-order chi connectivity index (χ0) is 11.7. The number of halogens is 3. The largest absolute Gasteiger partial charge is 0.384 e. The van der Waals surface area contributed by atoms with Gasteiger partial charge in [0, 0.05) is 25.5 Å². The molecule has 2 aromatic rings. The van der Waals surface area contributed by atoms with Crippen molar-refractivity contribution in [2.45, 2.75) is 6.10 Å². The molecule has 1 unspecified atom stereocenters. The summed E-state index contributed by atoms with van der Waals surface area (Å²) in [6.45, 7) is 0. The topological polar surface area (TPSA) is 20.2 Å². The summed E-state index contributed by atoms with van der Waals surface area (Å²) in [5, 5.41) is 13.9. The van der Waals surface area contributed by atoms with Gasteiger partial charge in [-0.15, -0.1) is 0 Å². The highest BCUT2D eigenvalue weighted by atomic mass is 79.9. The Bertz CT molecular complexity index is 512.